The Bertz CT molecular complexity index is 1060. The fraction of sp³-hybridized carbons (Fsp3) is 0.0909. The second kappa shape index (κ2) is 9.33. The van der Waals surface area contributed by atoms with Gasteiger partial charge < -0.3 is 14.8 Å². The number of hydrogen-bond donors (Lipinski definition) is 1. The summed E-state index contributed by atoms with van der Waals surface area (Å²) < 4.78 is 10.3. The number of rotatable bonds is 8. The van der Waals surface area contributed by atoms with E-state index >= 15 is 0 Å². The first kappa shape index (κ1) is 20.5. The van der Waals surface area contributed by atoms with Crippen molar-refractivity contribution in [2.24, 2.45) is 0 Å². The van der Waals surface area contributed by atoms with Crippen LogP contribution >= 0.6 is 0 Å². The van der Waals surface area contributed by atoms with Crippen LogP contribution in [0.3, 0.4) is 0 Å². The summed E-state index contributed by atoms with van der Waals surface area (Å²) in [7, 11) is 1.40. The summed E-state index contributed by atoms with van der Waals surface area (Å²) in [6.45, 7) is -0.372. The van der Waals surface area contributed by atoms with Gasteiger partial charge in [0, 0.05) is 16.8 Å². The van der Waals surface area contributed by atoms with Gasteiger partial charge >= 0.3 is 5.69 Å². The van der Waals surface area contributed by atoms with E-state index in [9.17, 15) is 19.7 Å². The second-order valence-corrected chi connectivity index (χ2v) is 6.20. The highest BCUT2D eigenvalue weighted by atomic mass is 16.6. The van der Waals surface area contributed by atoms with Crippen LogP contribution in [-0.4, -0.2) is 30.3 Å². The summed E-state index contributed by atoms with van der Waals surface area (Å²) in [6.07, 6.45) is 0. The Morgan fingerprint density at radius 2 is 1.67 bits per heavy atom. The Morgan fingerprint density at radius 1 is 0.967 bits per heavy atom. The van der Waals surface area contributed by atoms with E-state index < -0.39 is 4.92 Å². The number of hydrogen-bond acceptors (Lipinski definition) is 6. The minimum absolute atomic E-state index is 0.0269. The lowest BCUT2D eigenvalue weighted by atomic mass is 10.1. The maximum absolute atomic E-state index is 12.4. The van der Waals surface area contributed by atoms with Crippen molar-refractivity contribution < 1.29 is 24.0 Å². The molecule has 8 nitrogen and oxygen atoms in total. The summed E-state index contributed by atoms with van der Waals surface area (Å²) >= 11 is 0. The largest absolute Gasteiger partial charge is 0.496 e. The van der Waals surface area contributed by atoms with E-state index in [0.29, 0.717) is 22.6 Å². The van der Waals surface area contributed by atoms with Gasteiger partial charge in [0.15, 0.2) is 18.1 Å². The highest BCUT2D eigenvalue weighted by Gasteiger charge is 2.18. The number of nitro benzene ring substituents is 1. The Balaban J connectivity index is 1.63. The number of ketones is 1. The summed E-state index contributed by atoms with van der Waals surface area (Å²) in [5.41, 5.74) is 1.12. The number of carbonyl (C=O) groups excluding carboxylic acids is 2. The molecule has 0 bridgehead atoms. The average Bonchev–Trinajstić information content (AvgIpc) is 2.78. The summed E-state index contributed by atoms with van der Waals surface area (Å²) in [5.74, 6) is -0.333. The van der Waals surface area contributed by atoms with Gasteiger partial charge in [0.1, 0.15) is 5.75 Å². The lowest BCUT2D eigenvalue weighted by Gasteiger charge is -2.09. The molecule has 0 aliphatic heterocycles. The van der Waals surface area contributed by atoms with E-state index in [4.69, 9.17) is 9.47 Å². The van der Waals surface area contributed by atoms with Crippen molar-refractivity contribution in [3.63, 3.8) is 0 Å². The molecule has 0 saturated heterocycles. The third-order valence-electron chi connectivity index (χ3n) is 4.22. The summed E-state index contributed by atoms with van der Waals surface area (Å²) in [4.78, 5) is 35.1. The number of benzene rings is 3. The van der Waals surface area contributed by atoms with E-state index in [1.54, 1.807) is 48.5 Å². The minimum atomic E-state index is -0.605. The molecule has 0 radical (unpaired) electrons. The number of nitrogens with one attached hydrogen (secondary N) is 1. The highest BCUT2D eigenvalue weighted by Crippen LogP contribution is 2.31. The number of anilines is 1. The van der Waals surface area contributed by atoms with Gasteiger partial charge in [0.05, 0.1) is 18.1 Å². The van der Waals surface area contributed by atoms with Gasteiger partial charge in [-0.2, -0.15) is 0 Å². The standard InChI is InChI=1S/C22H18N2O6/c1-29-18-11-12-21(19(13-18)24(27)28)30-14-20(25)15-7-9-17(10-8-15)23-22(26)16-5-3-2-4-6-16/h2-13H,14H2,1H3,(H,23,26). The zero-order chi connectivity index (χ0) is 21.5. The van der Waals surface area contributed by atoms with Crippen LogP contribution in [0.1, 0.15) is 20.7 Å². The third-order valence-corrected chi connectivity index (χ3v) is 4.22. The molecule has 0 atom stereocenters. The molecule has 1 amide bonds. The number of Topliss-reactive ketones (excluding diaryl/α,β-unsaturated/α-hetero) is 1. The number of nitrogens with zero attached hydrogens (tertiary/aromatic N) is 1. The number of ether oxygens (including phenoxy) is 2. The Kier molecular flexibility index (Phi) is 6.39. The number of carbonyl (C=O) groups is 2. The van der Waals surface area contributed by atoms with Crippen LogP contribution in [0.25, 0.3) is 0 Å². The Morgan fingerprint density at radius 3 is 2.30 bits per heavy atom. The number of amides is 1. The molecule has 0 aliphatic rings. The first-order chi connectivity index (χ1) is 14.5. The fourth-order valence-electron chi connectivity index (χ4n) is 2.65. The maximum atomic E-state index is 12.4. The molecule has 8 heteroatoms. The van der Waals surface area contributed by atoms with Crippen LogP contribution in [0.4, 0.5) is 11.4 Å². The zero-order valence-electron chi connectivity index (χ0n) is 16.0. The molecule has 3 aromatic carbocycles. The smallest absolute Gasteiger partial charge is 0.314 e. The minimum Gasteiger partial charge on any atom is -0.496 e. The normalized spacial score (nSPS) is 10.2. The summed E-state index contributed by atoms with van der Waals surface area (Å²) in [5, 5.41) is 13.9. The van der Waals surface area contributed by atoms with Crippen molar-refractivity contribution in [3.05, 3.63) is 94.0 Å². The van der Waals surface area contributed by atoms with E-state index in [0.717, 1.165) is 0 Å². The SMILES string of the molecule is COc1ccc(OCC(=O)c2ccc(NC(=O)c3ccccc3)cc2)c([N+](=O)[O-])c1. The second-order valence-electron chi connectivity index (χ2n) is 6.20. The lowest BCUT2D eigenvalue weighted by molar-refractivity contribution is -0.385. The van der Waals surface area contributed by atoms with E-state index in [1.165, 1.54) is 25.3 Å². The quantitative estimate of drug-likeness (QED) is 0.343. The zero-order valence-corrected chi connectivity index (χ0v) is 16.0. The Labute approximate surface area is 172 Å². The summed E-state index contributed by atoms with van der Waals surface area (Å²) in [6, 6.07) is 19.2. The molecule has 1 N–H and O–H groups in total. The lowest BCUT2D eigenvalue weighted by Crippen LogP contribution is -2.13. The first-order valence-corrected chi connectivity index (χ1v) is 8.93. The molecule has 3 aromatic rings. The number of methoxy groups -OCH3 is 1. The predicted octanol–water partition coefficient (Wildman–Crippen LogP) is 4.12. The maximum Gasteiger partial charge on any atom is 0.314 e. The van der Waals surface area contributed by atoms with Gasteiger partial charge in [-0.05, 0) is 48.5 Å². The van der Waals surface area contributed by atoms with Crippen LogP contribution in [0.15, 0.2) is 72.8 Å². The van der Waals surface area contributed by atoms with Gasteiger partial charge in [0.25, 0.3) is 5.91 Å². The van der Waals surface area contributed by atoms with Crippen molar-refractivity contribution in [2.45, 2.75) is 0 Å². The van der Waals surface area contributed by atoms with Crippen molar-refractivity contribution in [2.75, 3.05) is 19.0 Å². The van der Waals surface area contributed by atoms with Crippen molar-refractivity contribution in [1.29, 1.82) is 0 Å². The molecule has 0 heterocycles. The molecule has 0 fully saturated rings. The molecule has 0 spiro atoms. The van der Waals surface area contributed by atoms with E-state index in [2.05, 4.69) is 5.32 Å². The van der Waals surface area contributed by atoms with Gasteiger partial charge in [-0.15, -0.1) is 0 Å². The van der Waals surface area contributed by atoms with Crippen LogP contribution in [0.5, 0.6) is 11.5 Å². The van der Waals surface area contributed by atoms with Crippen LogP contribution in [0, 0.1) is 10.1 Å². The third kappa shape index (κ3) is 4.99. The number of nitro groups is 1. The molecular formula is C22H18N2O6. The fourth-order valence-corrected chi connectivity index (χ4v) is 2.65. The van der Waals surface area contributed by atoms with Gasteiger partial charge in [-0.1, -0.05) is 18.2 Å². The van der Waals surface area contributed by atoms with E-state index in [-0.39, 0.29) is 29.7 Å². The van der Waals surface area contributed by atoms with Crippen LogP contribution in [0.2, 0.25) is 0 Å². The molecule has 0 saturated carbocycles. The topological polar surface area (TPSA) is 108 Å². The van der Waals surface area contributed by atoms with Crippen LogP contribution < -0.4 is 14.8 Å². The van der Waals surface area contributed by atoms with Crippen molar-refractivity contribution >= 4 is 23.1 Å². The molecule has 3 rings (SSSR count). The average molecular weight is 406 g/mol. The van der Waals surface area contributed by atoms with Crippen molar-refractivity contribution in [1.82, 2.24) is 0 Å². The molecule has 0 unspecified atom stereocenters. The highest BCUT2D eigenvalue weighted by molar-refractivity contribution is 6.04. The molecular weight excluding hydrogens is 388 g/mol. The van der Waals surface area contributed by atoms with E-state index in [1.807, 2.05) is 6.07 Å². The molecule has 0 aromatic heterocycles. The predicted molar refractivity (Wildman–Crippen MR) is 110 cm³/mol. The van der Waals surface area contributed by atoms with Crippen LogP contribution in [-0.2, 0) is 0 Å². The molecule has 30 heavy (non-hydrogen) atoms. The molecule has 0 aliphatic carbocycles. The molecule has 152 valence electrons. The monoisotopic (exact) mass is 406 g/mol. The van der Waals surface area contributed by atoms with Crippen molar-refractivity contribution in [3.8, 4) is 11.5 Å². The van der Waals surface area contributed by atoms with Gasteiger partial charge in [0.2, 0.25) is 0 Å². The van der Waals surface area contributed by atoms with Gasteiger partial charge in [-0.25, -0.2) is 0 Å². The first-order valence-electron chi connectivity index (χ1n) is 8.93. The Hall–Kier alpha value is -4.20. The van der Waals surface area contributed by atoms with Gasteiger partial charge in [-0.3, -0.25) is 19.7 Å².